The Kier molecular flexibility index (Phi) is 6.27. The van der Waals surface area contributed by atoms with Crippen LogP contribution in [0.3, 0.4) is 0 Å². The van der Waals surface area contributed by atoms with Gasteiger partial charge < -0.3 is 14.8 Å². The summed E-state index contributed by atoms with van der Waals surface area (Å²) in [7, 11) is 0. The number of nitrogens with one attached hydrogen (secondary N) is 2. The van der Waals surface area contributed by atoms with Crippen LogP contribution < -0.4 is 10.6 Å². The average molecular weight is 272 g/mol. The fraction of sp³-hybridized carbons (Fsp3) is 0.750. The molecule has 1 aliphatic rings. The molecule has 1 saturated heterocycles. The minimum absolute atomic E-state index is 0.290. The monoisotopic (exact) mass is 272 g/mol. The van der Waals surface area contributed by atoms with Gasteiger partial charge in [0.1, 0.15) is 0 Å². The average Bonchev–Trinajstić information content (AvgIpc) is 2.87. The Hall–Kier alpha value is -1.63. The van der Waals surface area contributed by atoms with Gasteiger partial charge in [-0.1, -0.05) is 13.8 Å². The van der Waals surface area contributed by atoms with Crippen LogP contribution in [0.4, 0.5) is 4.79 Å². The van der Waals surface area contributed by atoms with Crippen molar-refractivity contribution in [1.29, 1.82) is 0 Å². The van der Waals surface area contributed by atoms with Crippen molar-refractivity contribution >= 4 is 17.9 Å². The molecule has 19 heavy (non-hydrogen) atoms. The summed E-state index contributed by atoms with van der Waals surface area (Å²) in [5.41, 5.74) is 0. The number of esters is 1. The van der Waals surface area contributed by atoms with Crippen molar-refractivity contribution < 1.29 is 23.9 Å². The summed E-state index contributed by atoms with van der Waals surface area (Å²) in [5, 5.41) is 4.59. The van der Waals surface area contributed by atoms with Gasteiger partial charge in [0.15, 0.2) is 12.7 Å². The minimum Gasteiger partial charge on any atom is -0.454 e. The standard InChI is InChI=1S/C12H20N2O5/c1-8(2)6-13-12(17)14-10(15)7-19-11(16)9-4-3-5-18-9/h8-9H,3-7H2,1-2H3,(H2,13,14,15,17)/t9-/m1/s1. The van der Waals surface area contributed by atoms with Gasteiger partial charge in [0.2, 0.25) is 0 Å². The van der Waals surface area contributed by atoms with Gasteiger partial charge in [-0.05, 0) is 18.8 Å². The number of amides is 3. The Morgan fingerprint density at radius 1 is 1.37 bits per heavy atom. The third-order valence-corrected chi connectivity index (χ3v) is 2.46. The van der Waals surface area contributed by atoms with E-state index in [2.05, 4.69) is 10.6 Å². The van der Waals surface area contributed by atoms with Gasteiger partial charge >= 0.3 is 12.0 Å². The van der Waals surface area contributed by atoms with Crippen LogP contribution in [0.25, 0.3) is 0 Å². The van der Waals surface area contributed by atoms with Crippen LogP contribution >= 0.6 is 0 Å². The predicted molar refractivity (Wildman–Crippen MR) is 66.3 cm³/mol. The van der Waals surface area contributed by atoms with Crippen molar-refractivity contribution in [2.45, 2.75) is 32.8 Å². The fourth-order valence-electron chi connectivity index (χ4n) is 1.50. The van der Waals surface area contributed by atoms with Crippen LogP contribution in [0.5, 0.6) is 0 Å². The molecular formula is C12H20N2O5. The highest BCUT2D eigenvalue weighted by molar-refractivity contribution is 5.95. The summed E-state index contributed by atoms with van der Waals surface area (Å²) >= 11 is 0. The van der Waals surface area contributed by atoms with Crippen LogP contribution in [0, 0.1) is 5.92 Å². The molecule has 1 fully saturated rings. The highest BCUT2D eigenvalue weighted by Crippen LogP contribution is 2.12. The summed E-state index contributed by atoms with van der Waals surface area (Å²) < 4.78 is 9.87. The summed E-state index contributed by atoms with van der Waals surface area (Å²) in [5.74, 6) is -0.930. The summed E-state index contributed by atoms with van der Waals surface area (Å²) in [6.07, 6.45) is 0.835. The molecule has 7 heteroatoms. The van der Waals surface area contributed by atoms with Crippen molar-refractivity contribution in [3.63, 3.8) is 0 Å². The number of carbonyl (C=O) groups excluding carboxylic acids is 3. The van der Waals surface area contributed by atoms with Gasteiger partial charge in [-0.3, -0.25) is 10.1 Å². The second kappa shape index (κ2) is 7.73. The lowest BCUT2D eigenvalue weighted by atomic mass is 10.2. The van der Waals surface area contributed by atoms with E-state index in [0.717, 1.165) is 6.42 Å². The highest BCUT2D eigenvalue weighted by Gasteiger charge is 2.25. The Morgan fingerprint density at radius 3 is 2.68 bits per heavy atom. The molecule has 0 radical (unpaired) electrons. The van der Waals surface area contributed by atoms with Crippen molar-refractivity contribution in [1.82, 2.24) is 10.6 Å². The van der Waals surface area contributed by atoms with E-state index in [1.165, 1.54) is 0 Å². The molecule has 0 aromatic rings. The van der Waals surface area contributed by atoms with Crippen LogP contribution in [0.1, 0.15) is 26.7 Å². The van der Waals surface area contributed by atoms with E-state index in [4.69, 9.17) is 9.47 Å². The first kappa shape index (κ1) is 15.4. The van der Waals surface area contributed by atoms with Crippen molar-refractivity contribution in [3.8, 4) is 0 Å². The third-order valence-electron chi connectivity index (χ3n) is 2.46. The Morgan fingerprint density at radius 2 is 2.11 bits per heavy atom. The zero-order chi connectivity index (χ0) is 14.3. The van der Waals surface area contributed by atoms with Crippen LogP contribution in [-0.2, 0) is 19.1 Å². The van der Waals surface area contributed by atoms with Gasteiger partial charge in [-0.2, -0.15) is 0 Å². The molecule has 1 heterocycles. The number of carbonyl (C=O) groups is 3. The number of ether oxygens (including phenoxy) is 2. The van der Waals surface area contributed by atoms with Crippen molar-refractivity contribution in [3.05, 3.63) is 0 Å². The zero-order valence-electron chi connectivity index (χ0n) is 11.2. The summed E-state index contributed by atoms with van der Waals surface area (Å²) in [6, 6.07) is -0.591. The molecule has 0 unspecified atom stereocenters. The van der Waals surface area contributed by atoms with Gasteiger partial charge in [-0.25, -0.2) is 9.59 Å². The predicted octanol–water partition coefficient (Wildman–Crippen LogP) is 0.190. The minimum atomic E-state index is -0.660. The van der Waals surface area contributed by atoms with Crippen LogP contribution in [0.15, 0.2) is 0 Å². The third kappa shape index (κ3) is 6.19. The molecule has 0 aromatic carbocycles. The van der Waals surface area contributed by atoms with E-state index in [9.17, 15) is 14.4 Å². The molecule has 0 saturated carbocycles. The number of hydrogen-bond acceptors (Lipinski definition) is 5. The molecule has 0 aliphatic carbocycles. The maximum atomic E-state index is 11.4. The molecule has 0 spiro atoms. The number of urea groups is 1. The number of hydrogen-bond donors (Lipinski definition) is 2. The van der Waals surface area contributed by atoms with E-state index in [1.54, 1.807) is 0 Å². The maximum absolute atomic E-state index is 11.4. The normalized spacial score (nSPS) is 18.2. The molecule has 108 valence electrons. The molecule has 1 aliphatic heterocycles. The Labute approximate surface area is 112 Å². The molecule has 1 rings (SSSR count). The maximum Gasteiger partial charge on any atom is 0.335 e. The molecule has 7 nitrogen and oxygen atoms in total. The second-order valence-corrected chi connectivity index (χ2v) is 4.76. The van der Waals surface area contributed by atoms with Gasteiger partial charge in [0, 0.05) is 13.2 Å². The number of rotatable bonds is 5. The van der Waals surface area contributed by atoms with Crippen LogP contribution in [0.2, 0.25) is 0 Å². The fourth-order valence-corrected chi connectivity index (χ4v) is 1.50. The van der Waals surface area contributed by atoms with Gasteiger partial charge in [-0.15, -0.1) is 0 Å². The molecule has 1 atom stereocenters. The summed E-state index contributed by atoms with van der Waals surface area (Å²) in [4.78, 5) is 34.0. The molecular weight excluding hydrogens is 252 g/mol. The molecule has 3 amide bonds. The highest BCUT2D eigenvalue weighted by atomic mass is 16.6. The smallest absolute Gasteiger partial charge is 0.335 e. The van der Waals surface area contributed by atoms with Gasteiger partial charge in [0.25, 0.3) is 5.91 Å². The lowest BCUT2D eigenvalue weighted by Gasteiger charge is -2.10. The quantitative estimate of drug-likeness (QED) is 0.697. The molecule has 0 aromatic heterocycles. The zero-order valence-corrected chi connectivity index (χ0v) is 11.2. The largest absolute Gasteiger partial charge is 0.454 e. The SMILES string of the molecule is CC(C)CNC(=O)NC(=O)COC(=O)[C@H]1CCCO1. The molecule has 0 bridgehead atoms. The molecule has 2 N–H and O–H groups in total. The van der Waals surface area contributed by atoms with Crippen molar-refractivity contribution in [2.24, 2.45) is 5.92 Å². The number of imide groups is 1. The first-order chi connectivity index (χ1) is 8.99. The van der Waals surface area contributed by atoms with Crippen molar-refractivity contribution in [2.75, 3.05) is 19.8 Å². The van der Waals surface area contributed by atoms with Gasteiger partial charge in [0.05, 0.1) is 0 Å². The topological polar surface area (TPSA) is 93.7 Å². The van der Waals surface area contributed by atoms with E-state index >= 15 is 0 Å². The first-order valence-electron chi connectivity index (χ1n) is 6.35. The Balaban J connectivity index is 2.16. The second-order valence-electron chi connectivity index (χ2n) is 4.76. The van der Waals surface area contributed by atoms with Crippen LogP contribution in [-0.4, -0.2) is 43.8 Å². The van der Waals surface area contributed by atoms with E-state index in [1.807, 2.05) is 13.8 Å². The van der Waals surface area contributed by atoms with E-state index < -0.39 is 30.6 Å². The lowest BCUT2D eigenvalue weighted by molar-refractivity contribution is -0.157. The Bertz CT molecular complexity index is 337. The lowest BCUT2D eigenvalue weighted by Crippen LogP contribution is -2.43. The summed E-state index contributed by atoms with van der Waals surface area (Å²) in [6.45, 7) is 4.39. The van der Waals surface area contributed by atoms with E-state index in [0.29, 0.717) is 19.6 Å². The first-order valence-corrected chi connectivity index (χ1v) is 6.35. The van der Waals surface area contributed by atoms with E-state index in [-0.39, 0.29) is 5.92 Å².